The first-order valence-corrected chi connectivity index (χ1v) is 12.2. The third kappa shape index (κ3) is 12.1. The quantitative estimate of drug-likeness (QED) is 0.222. The van der Waals surface area contributed by atoms with Crippen LogP contribution in [0.2, 0.25) is 0 Å². The molecule has 0 aliphatic rings. The van der Waals surface area contributed by atoms with Crippen LogP contribution in [0.25, 0.3) is 0 Å². The van der Waals surface area contributed by atoms with Crippen molar-refractivity contribution in [3.05, 3.63) is 23.8 Å². The van der Waals surface area contributed by atoms with Crippen LogP contribution in [0.5, 0.6) is 11.5 Å². The Morgan fingerprint density at radius 1 is 0.842 bits per heavy atom. The van der Waals surface area contributed by atoms with E-state index in [4.69, 9.17) is 34.2 Å². The predicted molar refractivity (Wildman–Crippen MR) is 135 cm³/mol. The van der Waals surface area contributed by atoms with E-state index in [1.54, 1.807) is 27.7 Å². The van der Waals surface area contributed by atoms with E-state index in [-0.39, 0.29) is 36.4 Å². The van der Waals surface area contributed by atoms with Gasteiger partial charge in [0.1, 0.15) is 11.6 Å². The molecule has 0 fully saturated rings. The van der Waals surface area contributed by atoms with E-state index >= 15 is 0 Å². The largest absolute Gasteiger partial charge is 0.514 e. The van der Waals surface area contributed by atoms with E-state index < -0.39 is 48.3 Å². The number of ether oxygens (including phenoxy) is 6. The van der Waals surface area contributed by atoms with Crippen molar-refractivity contribution in [1.29, 1.82) is 0 Å². The zero-order valence-electron chi connectivity index (χ0n) is 23.2. The van der Waals surface area contributed by atoms with E-state index in [9.17, 15) is 24.3 Å². The number of carboxylic acid groups (broad SMARTS) is 1. The molecule has 0 aliphatic carbocycles. The Morgan fingerprint density at radius 2 is 1.37 bits per heavy atom. The molecule has 0 amide bonds. The molecule has 38 heavy (non-hydrogen) atoms. The highest BCUT2D eigenvalue weighted by atomic mass is 16.8. The van der Waals surface area contributed by atoms with E-state index in [2.05, 4.69) is 0 Å². The van der Waals surface area contributed by atoms with Gasteiger partial charge in [0, 0.05) is 12.8 Å². The maximum atomic E-state index is 12.1. The van der Waals surface area contributed by atoms with Gasteiger partial charge in [-0.1, -0.05) is 26.8 Å². The summed E-state index contributed by atoms with van der Waals surface area (Å²) in [5, 5.41) is 9.87. The minimum atomic E-state index is -1.88. The maximum absolute atomic E-state index is 12.1. The second-order valence-corrected chi connectivity index (χ2v) is 10.7. The van der Waals surface area contributed by atoms with E-state index in [1.807, 2.05) is 20.8 Å². The van der Waals surface area contributed by atoms with Crippen LogP contribution in [0.15, 0.2) is 18.2 Å². The van der Waals surface area contributed by atoms with Crippen LogP contribution in [0.3, 0.4) is 0 Å². The lowest BCUT2D eigenvalue weighted by atomic mass is 9.86. The molecule has 0 spiro atoms. The fourth-order valence-corrected chi connectivity index (χ4v) is 3.07. The van der Waals surface area contributed by atoms with Gasteiger partial charge in [-0.05, 0) is 57.7 Å². The molecule has 1 aromatic rings. The second-order valence-electron chi connectivity index (χ2n) is 10.7. The van der Waals surface area contributed by atoms with Gasteiger partial charge in [-0.15, -0.1) is 0 Å². The number of nitrogens with two attached hydrogens (primary N) is 1. The summed E-state index contributed by atoms with van der Waals surface area (Å²) in [6, 6.07) is 4.06. The first-order chi connectivity index (χ1) is 17.4. The number of hydrogen-bond acceptors (Lipinski definition) is 11. The summed E-state index contributed by atoms with van der Waals surface area (Å²) in [4.78, 5) is 48.2. The van der Waals surface area contributed by atoms with Crippen molar-refractivity contribution in [1.82, 2.24) is 0 Å². The highest BCUT2D eigenvalue weighted by Gasteiger charge is 2.37. The Hall–Kier alpha value is -3.54. The van der Waals surface area contributed by atoms with Crippen LogP contribution < -0.4 is 15.2 Å². The van der Waals surface area contributed by atoms with Gasteiger partial charge in [0.2, 0.25) is 0 Å². The van der Waals surface area contributed by atoms with Crippen LogP contribution >= 0.6 is 0 Å². The van der Waals surface area contributed by atoms with Crippen LogP contribution in [0.4, 0.5) is 14.4 Å². The molecule has 0 saturated carbocycles. The molecule has 1 rings (SSSR count). The summed E-state index contributed by atoms with van der Waals surface area (Å²) in [5.74, 6) is -1.72. The van der Waals surface area contributed by atoms with Crippen LogP contribution in [0.1, 0.15) is 67.4 Å². The Bertz CT molecular complexity index is 984. The Labute approximate surface area is 222 Å². The summed E-state index contributed by atoms with van der Waals surface area (Å²) in [6.45, 7) is 13.7. The van der Waals surface area contributed by atoms with Gasteiger partial charge in [0.25, 0.3) is 0 Å². The third-order valence-electron chi connectivity index (χ3n) is 4.58. The molecule has 0 aromatic heterocycles. The molecule has 0 bridgehead atoms. The zero-order chi connectivity index (χ0) is 29.3. The molecular weight excluding hydrogens is 502 g/mol. The zero-order valence-corrected chi connectivity index (χ0v) is 23.2. The van der Waals surface area contributed by atoms with Crippen molar-refractivity contribution < 1.29 is 52.7 Å². The normalized spacial score (nSPS) is 13.8. The minimum Gasteiger partial charge on any atom is -0.480 e. The number of carbonyl (C=O) groups is 4. The molecule has 0 saturated heterocycles. The average Bonchev–Trinajstić information content (AvgIpc) is 2.72. The number of benzene rings is 1. The molecule has 12 nitrogen and oxygen atoms in total. The first-order valence-electron chi connectivity index (χ1n) is 12.2. The molecular formula is C26H39NO11. The van der Waals surface area contributed by atoms with Crippen molar-refractivity contribution in [3.8, 4) is 11.5 Å². The van der Waals surface area contributed by atoms with E-state index in [0.29, 0.717) is 5.56 Å². The van der Waals surface area contributed by atoms with Crippen LogP contribution in [-0.2, 0) is 30.2 Å². The number of hydrogen-bond donors (Lipinski definition) is 2. The fraction of sp³-hybridized carbons (Fsp3) is 0.615. The number of rotatable bonds is 11. The Kier molecular flexibility index (Phi) is 11.8. The molecule has 2 atom stereocenters. The van der Waals surface area contributed by atoms with Crippen molar-refractivity contribution in [2.75, 3.05) is 6.61 Å². The molecule has 3 N–H and O–H groups in total. The summed E-state index contributed by atoms with van der Waals surface area (Å²) >= 11 is 0. The minimum absolute atomic E-state index is 0.117. The van der Waals surface area contributed by atoms with Crippen LogP contribution in [0, 0.1) is 5.41 Å². The maximum Gasteiger partial charge on any atom is 0.514 e. The molecule has 12 heteroatoms. The number of aliphatic carboxylic acids is 1. The summed E-state index contributed by atoms with van der Waals surface area (Å²) in [5.41, 5.74) is 4.39. The van der Waals surface area contributed by atoms with Gasteiger partial charge in [-0.3, -0.25) is 4.79 Å². The lowest BCUT2D eigenvalue weighted by Gasteiger charge is -2.28. The highest BCUT2D eigenvalue weighted by Crippen LogP contribution is 2.31. The molecule has 0 aliphatic heterocycles. The van der Waals surface area contributed by atoms with Gasteiger partial charge in [-0.2, -0.15) is 0 Å². The van der Waals surface area contributed by atoms with Crippen molar-refractivity contribution in [3.63, 3.8) is 0 Å². The molecule has 214 valence electrons. The van der Waals surface area contributed by atoms with Gasteiger partial charge < -0.3 is 39.3 Å². The monoisotopic (exact) mass is 541 g/mol. The highest BCUT2D eigenvalue weighted by molar-refractivity contribution is 5.79. The van der Waals surface area contributed by atoms with Gasteiger partial charge in [-0.25, -0.2) is 14.4 Å². The number of carboxylic acids is 1. The summed E-state index contributed by atoms with van der Waals surface area (Å²) < 4.78 is 30.5. The Balaban J connectivity index is 3.12. The molecule has 0 heterocycles. The van der Waals surface area contributed by atoms with E-state index in [1.165, 1.54) is 25.1 Å². The van der Waals surface area contributed by atoms with Gasteiger partial charge in [0.05, 0.1) is 18.8 Å². The van der Waals surface area contributed by atoms with Crippen molar-refractivity contribution >= 4 is 24.4 Å². The second kappa shape index (κ2) is 13.8. The molecule has 1 unspecified atom stereocenters. The molecule has 1 aromatic carbocycles. The van der Waals surface area contributed by atoms with Crippen LogP contribution in [-0.4, -0.2) is 60.0 Å². The van der Waals surface area contributed by atoms with Gasteiger partial charge in [0.15, 0.2) is 11.5 Å². The lowest BCUT2D eigenvalue weighted by Crippen LogP contribution is -2.52. The lowest BCUT2D eigenvalue weighted by molar-refractivity contribution is -0.144. The van der Waals surface area contributed by atoms with Crippen molar-refractivity contribution in [2.24, 2.45) is 11.1 Å². The summed E-state index contributed by atoms with van der Waals surface area (Å²) in [7, 11) is 0. The summed E-state index contributed by atoms with van der Waals surface area (Å²) in [6.07, 6.45) is -5.37. The number of carbonyl (C=O) groups excluding carboxylic acids is 3. The Morgan fingerprint density at radius 3 is 1.84 bits per heavy atom. The van der Waals surface area contributed by atoms with Crippen molar-refractivity contribution in [2.45, 2.75) is 92.1 Å². The first kappa shape index (κ1) is 32.5. The van der Waals surface area contributed by atoms with E-state index in [0.717, 1.165) is 0 Å². The molecule has 0 radical (unpaired) electrons. The topological polar surface area (TPSA) is 170 Å². The predicted octanol–water partition coefficient (Wildman–Crippen LogP) is 4.84. The third-order valence-corrected chi connectivity index (χ3v) is 4.58. The smallest absolute Gasteiger partial charge is 0.480 e. The standard InChI is InChI=1S/C26H39NO11/c1-15(2)34-23(31)37-19-10-9-18(11-20(19)38-24(32)35-16(3)4)13-26(27,21(28)29)12-17(5)36-22(30)33-14-25(6,7)8/h9-11,15-17H,12-14,27H2,1-8H3,(H,28,29)/t17-,26?/m0/s1. The fourth-order valence-electron chi connectivity index (χ4n) is 3.07. The average molecular weight is 542 g/mol. The van der Waals surface area contributed by atoms with Gasteiger partial charge >= 0.3 is 24.4 Å². The SMILES string of the molecule is CC(C)OC(=O)Oc1ccc(CC(N)(C[C@H](C)OC(=O)OCC(C)(C)C)C(=O)O)cc1OC(=O)OC(C)C.